The molecule has 2 N–H and O–H groups in total. The summed E-state index contributed by atoms with van der Waals surface area (Å²) >= 11 is 2.40. The van der Waals surface area contributed by atoms with Gasteiger partial charge in [-0.25, -0.2) is 4.79 Å². The number of halogens is 3. The largest absolute Gasteiger partial charge is 0.573 e. The van der Waals surface area contributed by atoms with Gasteiger partial charge in [-0.3, -0.25) is 4.79 Å². The van der Waals surface area contributed by atoms with E-state index in [-0.39, 0.29) is 17.4 Å². The minimum absolute atomic E-state index is 0.123. The summed E-state index contributed by atoms with van der Waals surface area (Å²) in [7, 11) is 1.31. The predicted octanol–water partition coefficient (Wildman–Crippen LogP) is 4.38. The Morgan fingerprint density at radius 3 is 2.39 bits per heavy atom. The minimum Gasteiger partial charge on any atom is -0.465 e. The lowest BCUT2D eigenvalue weighted by Crippen LogP contribution is -2.24. The van der Waals surface area contributed by atoms with Crippen molar-refractivity contribution in [1.82, 2.24) is 15.5 Å². The van der Waals surface area contributed by atoms with E-state index >= 15 is 0 Å². The molecule has 2 aromatic carbocycles. The fourth-order valence-corrected chi connectivity index (χ4v) is 4.04. The summed E-state index contributed by atoms with van der Waals surface area (Å²) < 4.78 is 45.6. The van der Waals surface area contributed by atoms with E-state index in [4.69, 9.17) is 0 Å². The van der Waals surface area contributed by atoms with Crippen molar-refractivity contribution in [3.05, 3.63) is 59.7 Å². The molecule has 1 aromatic heterocycles. The number of anilines is 2. The lowest BCUT2D eigenvalue weighted by Gasteiger charge is -2.09. The van der Waals surface area contributed by atoms with Crippen LogP contribution in [0.3, 0.4) is 0 Å². The zero-order valence-corrected chi connectivity index (χ0v) is 18.6. The van der Waals surface area contributed by atoms with E-state index in [0.29, 0.717) is 27.3 Å². The third-order valence-corrected chi connectivity index (χ3v) is 5.91. The Kier molecular flexibility index (Phi) is 8.11. The molecule has 0 saturated heterocycles. The van der Waals surface area contributed by atoms with Crippen molar-refractivity contribution in [1.29, 1.82) is 0 Å². The standard InChI is InChI=1S/C20H17F3N4O4S2/c1-30-17(29)13-4-2-12(3-5-13)10-24-16(28)11-32-19-27-26-18(33-19)25-14-6-8-15(9-7-14)31-20(21,22)23/h2-9H,10-11H2,1H3,(H,24,28)(H,25,26). The molecule has 0 aliphatic heterocycles. The number of alkyl halides is 3. The van der Waals surface area contributed by atoms with Gasteiger partial charge in [0.15, 0.2) is 4.34 Å². The molecule has 33 heavy (non-hydrogen) atoms. The van der Waals surface area contributed by atoms with Crippen LogP contribution in [0.2, 0.25) is 0 Å². The van der Waals surface area contributed by atoms with E-state index in [1.165, 1.54) is 54.5 Å². The summed E-state index contributed by atoms with van der Waals surface area (Å²) in [5.41, 5.74) is 1.76. The average molecular weight is 499 g/mol. The first kappa shape index (κ1) is 24.3. The Labute approximate surface area is 194 Å². The molecule has 174 valence electrons. The number of methoxy groups -OCH3 is 1. The van der Waals surface area contributed by atoms with Gasteiger partial charge in [0.25, 0.3) is 0 Å². The van der Waals surface area contributed by atoms with Crippen molar-refractivity contribution < 1.29 is 32.2 Å². The fourth-order valence-electron chi connectivity index (χ4n) is 2.44. The molecule has 0 spiro atoms. The second kappa shape index (κ2) is 11.0. The Hall–Kier alpha value is -3.32. The SMILES string of the molecule is COC(=O)c1ccc(CNC(=O)CSc2nnc(Nc3ccc(OC(F)(F)F)cc3)s2)cc1. The zero-order valence-electron chi connectivity index (χ0n) is 17.0. The van der Waals surface area contributed by atoms with Crippen molar-refractivity contribution in [2.24, 2.45) is 0 Å². The van der Waals surface area contributed by atoms with Gasteiger partial charge in [0.2, 0.25) is 11.0 Å². The van der Waals surface area contributed by atoms with Crippen LogP contribution in [-0.4, -0.2) is 41.3 Å². The molecule has 0 aliphatic carbocycles. The molecule has 0 aliphatic rings. The maximum atomic E-state index is 12.2. The second-order valence-corrected chi connectivity index (χ2v) is 8.52. The topological polar surface area (TPSA) is 102 Å². The molecule has 0 saturated carbocycles. The average Bonchev–Trinajstić information content (AvgIpc) is 3.23. The van der Waals surface area contributed by atoms with Crippen molar-refractivity contribution in [2.75, 3.05) is 18.2 Å². The summed E-state index contributed by atoms with van der Waals surface area (Å²) in [4.78, 5) is 23.5. The molecule has 1 heterocycles. The van der Waals surface area contributed by atoms with Gasteiger partial charge in [0.05, 0.1) is 18.4 Å². The first-order chi connectivity index (χ1) is 15.7. The maximum absolute atomic E-state index is 12.2. The lowest BCUT2D eigenvalue weighted by molar-refractivity contribution is -0.274. The number of amides is 1. The molecule has 0 fully saturated rings. The van der Waals surface area contributed by atoms with Gasteiger partial charge in [-0.1, -0.05) is 35.2 Å². The van der Waals surface area contributed by atoms with E-state index in [9.17, 15) is 22.8 Å². The van der Waals surface area contributed by atoms with Crippen molar-refractivity contribution in [3.8, 4) is 5.75 Å². The number of benzene rings is 2. The number of carbonyl (C=O) groups is 2. The van der Waals surface area contributed by atoms with Crippen molar-refractivity contribution in [2.45, 2.75) is 17.2 Å². The third kappa shape index (κ3) is 7.95. The Morgan fingerprint density at radius 1 is 1.06 bits per heavy atom. The molecule has 0 bridgehead atoms. The van der Waals surface area contributed by atoms with E-state index in [0.717, 1.165) is 5.56 Å². The normalized spacial score (nSPS) is 11.0. The zero-order chi connectivity index (χ0) is 23.8. The number of hydrogen-bond acceptors (Lipinski definition) is 9. The monoisotopic (exact) mass is 498 g/mol. The lowest BCUT2D eigenvalue weighted by atomic mass is 10.1. The number of nitrogens with zero attached hydrogens (tertiary/aromatic N) is 2. The van der Waals surface area contributed by atoms with E-state index < -0.39 is 12.3 Å². The smallest absolute Gasteiger partial charge is 0.465 e. The number of aromatic nitrogens is 2. The van der Waals surface area contributed by atoms with Crippen LogP contribution in [0.4, 0.5) is 24.0 Å². The van der Waals surface area contributed by atoms with Crippen molar-refractivity contribution in [3.63, 3.8) is 0 Å². The van der Waals surface area contributed by atoms with Gasteiger partial charge in [-0.15, -0.1) is 23.4 Å². The van der Waals surface area contributed by atoms with E-state index in [1.54, 1.807) is 24.3 Å². The summed E-state index contributed by atoms with van der Waals surface area (Å²) in [5, 5.41) is 14.0. The highest BCUT2D eigenvalue weighted by atomic mass is 32.2. The van der Waals surface area contributed by atoms with Crippen LogP contribution in [0.1, 0.15) is 15.9 Å². The van der Waals surface area contributed by atoms with Gasteiger partial charge in [-0.05, 0) is 42.0 Å². The first-order valence-electron chi connectivity index (χ1n) is 9.25. The maximum Gasteiger partial charge on any atom is 0.573 e. The van der Waals surface area contributed by atoms with Crippen LogP contribution >= 0.6 is 23.1 Å². The molecule has 0 unspecified atom stereocenters. The molecule has 0 radical (unpaired) electrons. The molecule has 8 nitrogen and oxygen atoms in total. The Bertz CT molecular complexity index is 1090. The number of hydrogen-bond donors (Lipinski definition) is 2. The number of carbonyl (C=O) groups excluding carboxylic acids is 2. The second-order valence-electron chi connectivity index (χ2n) is 6.32. The highest BCUT2D eigenvalue weighted by molar-refractivity contribution is 8.01. The van der Waals surface area contributed by atoms with Gasteiger partial charge in [0, 0.05) is 12.2 Å². The van der Waals surface area contributed by atoms with Crippen LogP contribution in [0.15, 0.2) is 52.9 Å². The number of nitrogens with one attached hydrogen (secondary N) is 2. The van der Waals surface area contributed by atoms with Crippen LogP contribution < -0.4 is 15.4 Å². The van der Waals surface area contributed by atoms with Gasteiger partial charge < -0.3 is 20.1 Å². The van der Waals surface area contributed by atoms with Crippen LogP contribution in [-0.2, 0) is 16.1 Å². The fraction of sp³-hybridized carbons (Fsp3) is 0.200. The number of ether oxygens (including phenoxy) is 2. The van der Waals surface area contributed by atoms with E-state index in [2.05, 4.69) is 30.3 Å². The van der Waals surface area contributed by atoms with E-state index in [1.807, 2.05) is 0 Å². The Morgan fingerprint density at radius 2 is 1.76 bits per heavy atom. The van der Waals surface area contributed by atoms with Crippen LogP contribution in [0, 0.1) is 0 Å². The molecule has 13 heteroatoms. The third-order valence-electron chi connectivity index (χ3n) is 3.94. The van der Waals surface area contributed by atoms with Gasteiger partial charge in [0.1, 0.15) is 5.75 Å². The number of thioether (sulfide) groups is 1. The highest BCUT2D eigenvalue weighted by Crippen LogP contribution is 2.29. The summed E-state index contributed by atoms with van der Waals surface area (Å²) in [5.74, 6) is -0.840. The van der Waals surface area contributed by atoms with Gasteiger partial charge >= 0.3 is 12.3 Å². The van der Waals surface area contributed by atoms with Crippen molar-refractivity contribution >= 4 is 45.8 Å². The molecule has 3 rings (SSSR count). The molecular formula is C20H17F3N4O4S2. The number of rotatable bonds is 9. The van der Waals surface area contributed by atoms with Gasteiger partial charge in [-0.2, -0.15) is 0 Å². The summed E-state index contributed by atoms with van der Waals surface area (Å²) in [6, 6.07) is 11.9. The molecule has 1 amide bonds. The minimum atomic E-state index is -4.75. The first-order valence-corrected chi connectivity index (χ1v) is 11.0. The Balaban J connectivity index is 1.43. The summed E-state index contributed by atoms with van der Waals surface area (Å²) in [6.45, 7) is 0.303. The molecule has 0 atom stereocenters. The quantitative estimate of drug-likeness (QED) is 0.331. The van der Waals surface area contributed by atoms with Crippen LogP contribution in [0.25, 0.3) is 0 Å². The summed E-state index contributed by atoms with van der Waals surface area (Å²) in [6.07, 6.45) is -4.75. The predicted molar refractivity (Wildman–Crippen MR) is 117 cm³/mol. The number of esters is 1. The molecular weight excluding hydrogens is 481 g/mol. The highest BCUT2D eigenvalue weighted by Gasteiger charge is 2.30. The molecule has 3 aromatic rings. The van der Waals surface area contributed by atoms with Crippen LogP contribution in [0.5, 0.6) is 5.75 Å².